The number of amides is 9. The zero-order chi connectivity index (χ0) is 70.5. The van der Waals surface area contributed by atoms with Crippen LogP contribution in [-0.2, 0) is 54.1 Å². The van der Waals surface area contributed by atoms with Gasteiger partial charge in [-0.05, 0) is 111 Å². The van der Waals surface area contributed by atoms with E-state index in [4.69, 9.17) is 0 Å². The van der Waals surface area contributed by atoms with Gasteiger partial charge in [0.25, 0.3) is 47.3 Å². The molecule has 0 aliphatic heterocycles. The Bertz CT molecular complexity index is 4490. The number of carbonyl (C=O) groups is 9. The number of hydrogen-bond donors (Lipinski definition) is 10. The second kappa shape index (κ2) is 31.4. The van der Waals surface area contributed by atoms with Crippen LogP contribution in [0.2, 0.25) is 0 Å². The lowest BCUT2D eigenvalue weighted by Gasteiger charge is -2.11. The van der Waals surface area contributed by atoms with Crippen LogP contribution in [0.4, 0.5) is 45.5 Å². The highest BCUT2D eigenvalue weighted by atomic mass is 16.2. The van der Waals surface area contributed by atoms with E-state index in [2.05, 4.69) is 58.2 Å². The first-order valence-corrected chi connectivity index (χ1v) is 31.4. The van der Waals surface area contributed by atoms with Crippen LogP contribution in [0.15, 0.2) is 128 Å². The molecule has 9 rings (SSSR count). The minimum atomic E-state index is -0.495. The fourth-order valence-corrected chi connectivity index (χ4v) is 10.7. The Morgan fingerprint density at radius 3 is 1.12 bits per heavy atom. The van der Waals surface area contributed by atoms with Gasteiger partial charge in [-0.25, -0.2) is 0 Å². The highest BCUT2D eigenvalue weighted by Crippen LogP contribution is 2.24. The van der Waals surface area contributed by atoms with Crippen LogP contribution in [0, 0.1) is 0 Å². The molecule has 0 spiro atoms. The van der Waals surface area contributed by atoms with Crippen LogP contribution >= 0.6 is 0 Å². The van der Waals surface area contributed by atoms with E-state index in [1.807, 2.05) is 74.4 Å². The van der Waals surface area contributed by atoms with Crippen molar-refractivity contribution in [3.63, 3.8) is 0 Å². The van der Waals surface area contributed by atoms with E-state index in [1.165, 1.54) is 24.3 Å². The number of hydrogen-bond acceptors (Lipinski definition) is 13. The van der Waals surface area contributed by atoms with E-state index >= 15 is 0 Å². The number of pyridine rings is 1. The van der Waals surface area contributed by atoms with Gasteiger partial charge in [0.15, 0.2) is 0 Å². The summed E-state index contributed by atoms with van der Waals surface area (Å²) < 4.78 is 11.1. The van der Waals surface area contributed by atoms with E-state index < -0.39 is 41.4 Å². The first-order chi connectivity index (χ1) is 46.7. The van der Waals surface area contributed by atoms with Crippen molar-refractivity contribution in [1.82, 2.24) is 57.8 Å². The summed E-state index contributed by atoms with van der Waals surface area (Å²) in [6, 6.07) is 22.4. The molecule has 512 valence electrons. The van der Waals surface area contributed by atoms with Crippen LogP contribution in [0.3, 0.4) is 0 Å². The molecule has 0 radical (unpaired) electrons. The summed E-state index contributed by atoms with van der Waals surface area (Å²) in [5.41, 5.74) is 7.76. The zero-order valence-electron chi connectivity index (χ0n) is 56.6. The summed E-state index contributed by atoms with van der Waals surface area (Å²) in [7, 11) is 19.6. The lowest BCUT2D eigenvalue weighted by Crippen LogP contribution is -2.32. The van der Waals surface area contributed by atoms with E-state index in [9.17, 15) is 43.2 Å². The molecule has 29 heteroatoms. The smallest absolute Gasteiger partial charge is 0.274 e. The lowest BCUT2D eigenvalue weighted by molar-refractivity contribution is -0.120. The van der Waals surface area contributed by atoms with E-state index in [-0.39, 0.29) is 58.9 Å². The number of benzene rings is 1. The number of nitrogens with zero attached hydrogens (tertiary/aromatic N) is 10. The Morgan fingerprint density at radius 2 is 0.724 bits per heavy atom. The molecule has 1 aromatic carbocycles. The molecule has 0 aliphatic rings. The minimum absolute atomic E-state index is 0.124. The van der Waals surface area contributed by atoms with Gasteiger partial charge >= 0.3 is 0 Å². The van der Waals surface area contributed by atoms with Crippen molar-refractivity contribution in [2.24, 2.45) is 49.3 Å². The van der Waals surface area contributed by atoms with Gasteiger partial charge < -0.3 is 94.9 Å². The van der Waals surface area contributed by atoms with Crippen molar-refractivity contribution >= 4 is 111 Å². The van der Waals surface area contributed by atoms with Crippen LogP contribution in [0.5, 0.6) is 0 Å². The first-order valence-electron chi connectivity index (χ1n) is 31.4. The molecule has 0 saturated heterocycles. The van der Waals surface area contributed by atoms with Gasteiger partial charge in [0.05, 0.1) is 39.8 Å². The van der Waals surface area contributed by atoms with Crippen molar-refractivity contribution in [3.05, 3.63) is 185 Å². The quantitative estimate of drug-likeness (QED) is 0.0221. The SMILES string of the molecule is CN(C)CCCNC(=O)CCNC(=O)c1cc(NC(=O)c2cc(NC(=O)c3cc(NC(=O)c4cc(NCCCNC(=O)c5cc(NC(=O)c6cc(NC(=O)c7cc(NC(=O)c8cc(/C=C/c9ccc(N(C)C)cc9)ccn8)cn7C)cn6C)cn5C)cn4C)cn3C)cn2C)cn1C. The number of rotatable bonds is 29. The van der Waals surface area contributed by atoms with Gasteiger partial charge in [-0.3, -0.25) is 48.1 Å². The molecule has 10 N–H and O–H groups in total. The highest BCUT2D eigenvalue weighted by molar-refractivity contribution is 6.11. The average Bonchev–Trinajstić information content (AvgIpc) is 1.67. The molecule has 0 fully saturated rings. The summed E-state index contributed by atoms with van der Waals surface area (Å²) in [6.07, 6.45) is 18.2. The number of nitrogens with one attached hydrogen (secondary N) is 10. The number of carbonyl (C=O) groups excluding carboxylic acids is 9. The van der Waals surface area contributed by atoms with Gasteiger partial charge in [0, 0.05) is 151 Å². The van der Waals surface area contributed by atoms with Crippen LogP contribution in [0.1, 0.15) is 114 Å². The summed E-state index contributed by atoms with van der Waals surface area (Å²) in [5.74, 6) is -3.75. The third kappa shape index (κ3) is 18.2. The van der Waals surface area contributed by atoms with Crippen molar-refractivity contribution in [2.45, 2.75) is 19.3 Å². The van der Waals surface area contributed by atoms with Crippen LogP contribution < -0.4 is 58.1 Å². The summed E-state index contributed by atoms with van der Waals surface area (Å²) in [5, 5.41) is 28.7. The molecule has 8 aromatic heterocycles. The Kier molecular flexibility index (Phi) is 22.5. The van der Waals surface area contributed by atoms with Crippen molar-refractivity contribution in [3.8, 4) is 0 Å². The monoisotopic (exact) mass is 1330 g/mol. The second-order valence-corrected chi connectivity index (χ2v) is 24.1. The second-order valence-electron chi connectivity index (χ2n) is 24.1. The Balaban J connectivity index is 0.684. The molecular weight excluding hydrogens is 1250 g/mol. The van der Waals surface area contributed by atoms with Gasteiger partial charge in [-0.15, -0.1) is 0 Å². The standard InChI is InChI=1S/C69H82N20O9/c1-81(2)27-13-24-72-61(90)21-26-74-64(93)55-31-48(39-85(55)7)77-68(97)59-35-51(42-89(59)11)80-69(98)60-33-49(40-87(60)9)78-65(94)56-29-45(36-83(56)5)70-22-12-23-73-63(92)54-30-47(38-84(54)6)76-67(96)58-34-50(41-88(58)10)79-66(95)57-32-46(37-86(57)8)75-62(91)53-28-44(20-25-71-53)15-14-43-16-18-52(19-17-43)82(3)4/h14-20,25,28-42,70H,12-13,21-24,26-27H2,1-11H3,(H,72,90)(H,73,92)(H,74,93)(H,75,91)(H,76,96)(H,77,97)(H,78,94)(H,79,95)(H,80,98)/b15-14+. The Labute approximate surface area is 566 Å². The molecule has 0 atom stereocenters. The molecule has 0 aliphatic carbocycles. The van der Waals surface area contributed by atoms with E-state index in [0.717, 1.165) is 29.8 Å². The highest BCUT2D eigenvalue weighted by Gasteiger charge is 2.23. The van der Waals surface area contributed by atoms with Crippen LogP contribution in [-0.4, -0.2) is 156 Å². The van der Waals surface area contributed by atoms with E-state index in [0.29, 0.717) is 77.3 Å². The van der Waals surface area contributed by atoms with E-state index in [1.54, 1.807) is 161 Å². The predicted octanol–water partition coefficient (Wildman–Crippen LogP) is 6.62. The predicted molar refractivity (Wildman–Crippen MR) is 378 cm³/mol. The minimum Gasteiger partial charge on any atom is -0.384 e. The fourth-order valence-electron chi connectivity index (χ4n) is 10.7. The fraction of sp³-hybridized carbons (Fsp3) is 0.275. The van der Waals surface area contributed by atoms with Crippen molar-refractivity contribution in [2.75, 3.05) is 103 Å². The van der Waals surface area contributed by atoms with Crippen molar-refractivity contribution < 1.29 is 43.2 Å². The molecule has 9 aromatic rings. The molecule has 0 unspecified atom stereocenters. The molecule has 9 amide bonds. The summed E-state index contributed by atoms with van der Waals surface area (Å²) in [6.45, 7) is 2.29. The maximum Gasteiger partial charge on any atom is 0.274 e. The molecule has 29 nitrogen and oxygen atoms in total. The maximum absolute atomic E-state index is 13.6. The van der Waals surface area contributed by atoms with Gasteiger partial charge in [0.1, 0.15) is 45.6 Å². The molecular formula is C69H82N20O9. The molecule has 0 saturated carbocycles. The lowest BCUT2D eigenvalue weighted by atomic mass is 10.1. The first kappa shape index (κ1) is 70.2. The third-order valence-corrected chi connectivity index (χ3v) is 15.8. The normalized spacial score (nSPS) is 11.1. The number of aryl methyl sites for hydroxylation is 7. The number of aromatic nitrogens is 8. The van der Waals surface area contributed by atoms with Gasteiger partial charge in [-0.2, -0.15) is 0 Å². The van der Waals surface area contributed by atoms with Crippen molar-refractivity contribution in [1.29, 1.82) is 0 Å². The Morgan fingerprint density at radius 1 is 0.378 bits per heavy atom. The maximum atomic E-state index is 13.6. The zero-order valence-corrected chi connectivity index (χ0v) is 56.6. The summed E-state index contributed by atoms with van der Waals surface area (Å²) >= 11 is 0. The largest absolute Gasteiger partial charge is 0.384 e. The van der Waals surface area contributed by atoms with Gasteiger partial charge in [-0.1, -0.05) is 24.3 Å². The Hall–Kier alpha value is -12.1. The van der Waals surface area contributed by atoms with Gasteiger partial charge in [0.2, 0.25) is 5.91 Å². The number of anilines is 8. The molecule has 98 heavy (non-hydrogen) atoms. The van der Waals surface area contributed by atoms with Crippen LogP contribution in [0.25, 0.3) is 12.2 Å². The molecule has 8 heterocycles. The third-order valence-electron chi connectivity index (χ3n) is 15.8. The topological polar surface area (TPSA) is 328 Å². The average molecular weight is 1340 g/mol. The molecule has 0 bridgehead atoms. The summed E-state index contributed by atoms with van der Waals surface area (Å²) in [4.78, 5) is 128.